The number of nitrogens with one attached hydrogen (secondary N) is 2. The maximum Gasteiger partial charge on any atom is 0.282 e. The Labute approximate surface area is 108 Å². The molecule has 0 aliphatic rings. The highest BCUT2D eigenvalue weighted by Crippen LogP contribution is 2.16. The van der Waals surface area contributed by atoms with Crippen LogP contribution in [-0.2, 0) is 0 Å². The molecule has 2 aromatic rings. The second-order valence-electron chi connectivity index (χ2n) is 3.67. The van der Waals surface area contributed by atoms with Crippen molar-refractivity contribution in [1.82, 2.24) is 20.5 Å². The predicted octanol–water partition coefficient (Wildman–Crippen LogP) is 1.37. The molecule has 7 nitrogen and oxygen atoms in total. The van der Waals surface area contributed by atoms with Crippen LogP contribution in [0.1, 0.15) is 34.4 Å². The van der Waals surface area contributed by atoms with Gasteiger partial charge in [-0.2, -0.15) is 0 Å². The minimum Gasteiger partial charge on any atom is -0.444 e. The van der Waals surface area contributed by atoms with Crippen LogP contribution in [-0.4, -0.2) is 28.1 Å². The van der Waals surface area contributed by atoms with Crippen molar-refractivity contribution in [2.24, 2.45) is 0 Å². The molecule has 0 saturated heterocycles. The molecule has 0 aliphatic carbocycles. The molecule has 1 atom stereocenters. The first kappa shape index (κ1) is 12.5. The average Bonchev–Trinajstić information content (AvgIpc) is 2.97. The van der Waals surface area contributed by atoms with Crippen LogP contribution in [0.15, 0.2) is 10.6 Å². The molecule has 0 bridgehead atoms. The van der Waals surface area contributed by atoms with Crippen LogP contribution in [0.2, 0.25) is 0 Å². The van der Waals surface area contributed by atoms with Crippen LogP contribution in [0.3, 0.4) is 0 Å². The zero-order valence-electron chi connectivity index (χ0n) is 10.2. The number of carbonyl (C=O) groups is 1. The molecule has 0 fully saturated rings. The number of oxazole rings is 1. The number of hydrogen-bond donors (Lipinski definition) is 2. The Morgan fingerprint density at radius 3 is 2.83 bits per heavy atom. The van der Waals surface area contributed by atoms with Gasteiger partial charge < -0.3 is 15.1 Å². The fourth-order valence-electron chi connectivity index (χ4n) is 1.31. The van der Waals surface area contributed by atoms with E-state index in [0.29, 0.717) is 21.8 Å². The molecule has 1 amide bonds. The third kappa shape index (κ3) is 2.65. The second-order valence-corrected chi connectivity index (χ2v) is 4.64. The second kappa shape index (κ2) is 5.13. The summed E-state index contributed by atoms with van der Waals surface area (Å²) in [5, 5.41) is 14.0. The molecule has 96 valence electrons. The van der Waals surface area contributed by atoms with Crippen molar-refractivity contribution in [1.29, 1.82) is 0 Å². The summed E-state index contributed by atoms with van der Waals surface area (Å²) in [6, 6.07) is -0.312. The van der Waals surface area contributed by atoms with Crippen LogP contribution in [0, 0.1) is 6.92 Å². The third-order valence-corrected chi connectivity index (χ3v) is 3.13. The van der Waals surface area contributed by atoms with E-state index in [2.05, 4.69) is 25.8 Å². The van der Waals surface area contributed by atoms with Gasteiger partial charge in [-0.3, -0.25) is 4.79 Å². The maximum atomic E-state index is 11.9. The fraction of sp³-hybridized carbons (Fsp3) is 0.400. The molecule has 18 heavy (non-hydrogen) atoms. The van der Waals surface area contributed by atoms with E-state index in [0.717, 1.165) is 0 Å². The Hall–Kier alpha value is -1.96. The zero-order valence-corrected chi connectivity index (χ0v) is 11.0. The van der Waals surface area contributed by atoms with Crippen molar-refractivity contribution >= 4 is 22.4 Å². The maximum absolute atomic E-state index is 11.9. The van der Waals surface area contributed by atoms with Gasteiger partial charge in [0.2, 0.25) is 16.0 Å². The Balaban J connectivity index is 2.02. The van der Waals surface area contributed by atoms with Gasteiger partial charge in [-0.25, -0.2) is 4.98 Å². The van der Waals surface area contributed by atoms with Gasteiger partial charge in [-0.1, -0.05) is 11.3 Å². The Morgan fingerprint density at radius 1 is 1.50 bits per heavy atom. The van der Waals surface area contributed by atoms with Crippen LogP contribution in [0.25, 0.3) is 0 Å². The molecule has 2 heterocycles. The smallest absolute Gasteiger partial charge is 0.282 e. The summed E-state index contributed by atoms with van der Waals surface area (Å²) in [5.74, 6) is 0.885. The summed E-state index contributed by atoms with van der Waals surface area (Å²) in [6.45, 7) is 3.60. The molecule has 0 aromatic carbocycles. The van der Waals surface area contributed by atoms with Crippen molar-refractivity contribution in [2.45, 2.75) is 19.9 Å². The lowest BCUT2D eigenvalue weighted by Crippen LogP contribution is -2.26. The topological polar surface area (TPSA) is 92.9 Å². The summed E-state index contributed by atoms with van der Waals surface area (Å²) in [7, 11) is 1.72. The predicted molar refractivity (Wildman–Crippen MR) is 66.6 cm³/mol. The first-order valence-corrected chi connectivity index (χ1v) is 6.16. The van der Waals surface area contributed by atoms with Crippen molar-refractivity contribution in [3.05, 3.63) is 22.9 Å². The number of amides is 1. The van der Waals surface area contributed by atoms with Gasteiger partial charge in [0.25, 0.3) is 5.91 Å². The number of aromatic nitrogens is 3. The Kier molecular flexibility index (Phi) is 3.56. The number of carbonyl (C=O) groups excluding carboxylic acids is 1. The SMILES string of the molecule is CNc1nnc(C(=O)NC(C)c2ncc(C)o2)s1. The molecular weight excluding hydrogens is 254 g/mol. The van der Waals surface area contributed by atoms with Crippen LogP contribution < -0.4 is 10.6 Å². The van der Waals surface area contributed by atoms with Crippen LogP contribution in [0.5, 0.6) is 0 Å². The van der Waals surface area contributed by atoms with E-state index in [9.17, 15) is 4.79 Å². The number of hydrogen-bond acceptors (Lipinski definition) is 7. The Morgan fingerprint density at radius 2 is 2.28 bits per heavy atom. The highest BCUT2D eigenvalue weighted by molar-refractivity contribution is 7.17. The summed E-state index contributed by atoms with van der Waals surface area (Å²) >= 11 is 1.19. The molecule has 2 aromatic heterocycles. The largest absolute Gasteiger partial charge is 0.444 e. The number of nitrogens with zero attached hydrogens (tertiary/aromatic N) is 3. The molecular formula is C10H13N5O2S. The quantitative estimate of drug-likeness (QED) is 0.869. The monoisotopic (exact) mass is 267 g/mol. The summed E-state index contributed by atoms with van der Waals surface area (Å²) in [5.41, 5.74) is 0. The summed E-state index contributed by atoms with van der Waals surface area (Å²) in [4.78, 5) is 15.9. The van der Waals surface area contributed by atoms with E-state index < -0.39 is 0 Å². The summed E-state index contributed by atoms with van der Waals surface area (Å²) < 4.78 is 5.34. The van der Waals surface area contributed by atoms with Crippen LogP contribution in [0.4, 0.5) is 5.13 Å². The molecule has 2 rings (SSSR count). The van der Waals surface area contributed by atoms with Gasteiger partial charge in [-0.05, 0) is 13.8 Å². The fourth-order valence-corrected chi connectivity index (χ4v) is 1.91. The first-order chi connectivity index (χ1) is 8.60. The van der Waals surface area contributed by atoms with Gasteiger partial charge in [0.15, 0.2) is 0 Å². The normalized spacial score (nSPS) is 12.2. The summed E-state index contributed by atoms with van der Waals surface area (Å²) in [6.07, 6.45) is 1.61. The molecule has 1 unspecified atom stereocenters. The lowest BCUT2D eigenvalue weighted by molar-refractivity contribution is 0.0933. The highest BCUT2D eigenvalue weighted by Gasteiger charge is 2.18. The molecule has 0 spiro atoms. The van der Waals surface area contributed by atoms with E-state index in [1.807, 2.05) is 0 Å². The van der Waals surface area contributed by atoms with Gasteiger partial charge in [0, 0.05) is 7.05 Å². The highest BCUT2D eigenvalue weighted by atomic mass is 32.1. The van der Waals surface area contributed by atoms with E-state index in [-0.39, 0.29) is 11.9 Å². The lowest BCUT2D eigenvalue weighted by Gasteiger charge is -2.08. The molecule has 2 N–H and O–H groups in total. The van der Waals surface area contributed by atoms with Gasteiger partial charge in [0.05, 0.1) is 6.20 Å². The number of rotatable bonds is 4. The third-order valence-electron chi connectivity index (χ3n) is 2.19. The van der Waals surface area contributed by atoms with Crippen molar-refractivity contribution in [3.8, 4) is 0 Å². The molecule has 8 heteroatoms. The minimum absolute atomic E-state index is 0.294. The molecule has 0 aliphatic heterocycles. The first-order valence-electron chi connectivity index (χ1n) is 5.34. The van der Waals surface area contributed by atoms with E-state index in [1.54, 1.807) is 27.1 Å². The van der Waals surface area contributed by atoms with E-state index in [4.69, 9.17) is 4.42 Å². The van der Waals surface area contributed by atoms with E-state index in [1.165, 1.54) is 11.3 Å². The minimum atomic E-state index is -0.312. The number of anilines is 1. The molecule has 0 saturated carbocycles. The van der Waals surface area contributed by atoms with Crippen molar-refractivity contribution < 1.29 is 9.21 Å². The van der Waals surface area contributed by atoms with Gasteiger partial charge in [-0.15, -0.1) is 10.2 Å². The van der Waals surface area contributed by atoms with Crippen LogP contribution >= 0.6 is 11.3 Å². The number of aryl methyl sites for hydroxylation is 1. The zero-order chi connectivity index (χ0) is 13.1. The standard InChI is InChI=1S/C10H13N5O2S/c1-5-4-12-8(17-5)6(2)13-7(16)9-14-15-10(11-3)18-9/h4,6H,1-3H3,(H,11,15)(H,13,16). The van der Waals surface area contributed by atoms with Crippen molar-refractivity contribution in [2.75, 3.05) is 12.4 Å². The Bertz CT molecular complexity index is 550. The van der Waals surface area contributed by atoms with Gasteiger partial charge in [0.1, 0.15) is 11.8 Å². The van der Waals surface area contributed by atoms with Gasteiger partial charge >= 0.3 is 0 Å². The lowest BCUT2D eigenvalue weighted by atomic mass is 10.3. The average molecular weight is 267 g/mol. The molecule has 0 radical (unpaired) electrons. The van der Waals surface area contributed by atoms with E-state index >= 15 is 0 Å². The van der Waals surface area contributed by atoms with Crippen molar-refractivity contribution in [3.63, 3.8) is 0 Å².